The number of benzene rings is 2. The van der Waals surface area contributed by atoms with Gasteiger partial charge < -0.3 is 19.7 Å². The second kappa shape index (κ2) is 12.8. The molecule has 2 aromatic carbocycles. The van der Waals surface area contributed by atoms with Crippen LogP contribution in [-0.2, 0) is 0 Å². The van der Waals surface area contributed by atoms with Crippen LogP contribution in [0.2, 0.25) is 0 Å². The Labute approximate surface area is 216 Å². The number of aromatic nitrogens is 2. The molecule has 9 nitrogen and oxygen atoms in total. The third-order valence-electron chi connectivity index (χ3n) is 4.83. The van der Waals surface area contributed by atoms with E-state index in [1.54, 1.807) is 24.1 Å². The third-order valence-corrected chi connectivity index (χ3v) is 5.36. The van der Waals surface area contributed by atoms with Crippen LogP contribution in [0.25, 0.3) is 0 Å². The number of amides is 2. The number of alkyl halides is 3. The van der Waals surface area contributed by atoms with Crippen molar-refractivity contribution in [2.45, 2.75) is 26.1 Å². The van der Waals surface area contributed by atoms with E-state index in [0.29, 0.717) is 11.5 Å². The van der Waals surface area contributed by atoms with Gasteiger partial charge in [-0.2, -0.15) is 0 Å². The Kier molecular flexibility index (Phi) is 9.55. The van der Waals surface area contributed by atoms with Gasteiger partial charge in [-0.15, -0.1) is 23.4 Å². The highest BCUT2D eigenvalue weighted by Crippen LogP contribution is 2.28. The van der Waals surface area contributed by atoms with Gasteiger partial charge in [-0.1, -0.05) is 32.0 Å². The predicted molar refractivity (Wildman–Crippen MR) is 137 cm³/mol. The van der Waals surface area contributed by atoms with Crippen molar-refractivity contribution in [3.05, 3.63) is 66.2 Å². The molecular formula is C24H25F3N6O3S. The molecule has 0 saturated carbocycles. The number of nitrogens with zero attached hydrogens (tertiary/aromatic N) is 4. The Bertz CT molecular complexity index is 1190. The molecule has 2 amide bonds. The number of carbonyl (C=O) groups excluding carboxylic acids is 1. The van der Waals surface area contributed by atoms with E-state index in [2.05, 4.69) is 29.4 Å². The fourth-order valence-corrected chi connectivity index (χ4v) is 3.41. The summed E-state index contributed by atoms with van der Waals surface area (Å²) in [4.78, 5) is 13.7. The van der Waals surface area contributed by atoms with Crippen LogP contribution in [0.4, 0.5) is 35.2 Å². The number of ether oxygens (including phenoxy) is 2. The predicted octanol–water partition coefficient (Wildman–Crippen LogP) is 6.10. The van der Waals surface area contributed by atoms with Crippen molar-refractivity contribution in [1.29, 1.82) is 0 Å². The summed E-state index contributed by atoms with van der Waals surface area (Å²) in [5, 5.41) is 10.8. The highest BCUT2D eigenvalue weighted by molar-refractivity contribution is 7.96. The van der Waals surface area contributed by atoms with Crippen molar-refractivity contribution >= 4 is 41.6 Å². The van der Waals surface area contributed by atoms with Crippen LogP contribution in [0.1, 0.15) is 25.3 Å². The van der Waals surface area contributed by atoms with Crippen LogP contribution in [0, 0.1) is 0 Å². The molecule has 0 aliphatic rings. The summed E-state index contributed by atoms with van der Waals surface area (Å²) in [6.45, 7) is 4.19. The molecule has 0 atom stereocenters. The first-order valence-electron chi connectivity index (χ1n) is 11.0. The second-order valence-electron chi connectivity index (χ2n) is 7.82. The van der Waals surface area contributed by atoms with Crippen LogP contribution in [0.15, 0.2) is 65.1 Å². The van der Waals surface area contributed by atoms with Gasteiger partial charge in [-0.25, -0.2) is 9.19 Å². The molecule has 0 radical (unpaired) electrons. The van der Waals surface area contributed by atoms with E-state index >= 15 is 0 Å². The van der Waals surface area contributed by atoms with Gasteiger partial charge in [0, 0.05) is 24.5 Å². The van der Waals surface area contributed by atoms with Gasteiger partial charge in [0.15, 0.2) is 5.82 Å². The van der Waals surface area contributed by atoms with Gasteiger partial charge in [0.05, 0.1) is 18.3 Å². The van der Waals surface area contributed by atoms with Gasteiger partial charge in [0.2, 0.25) is 5.88 Å². The molecule has 1 heterocycles. The summed E-state index contributed by atoms with van der Waals surface area (Å²) in [6, 6.07) is 15.8. The highest BCUT2D eigenvalue weighted by atomic mass is 32.2. The summed E-state index contributed by atoms with van der Waals surface area (Å²) >= 11 is 0.851. The number of hydrogen-bond acceptors (Lipinski definition) is 8. The zero-order valence-corrected chi connectivity index (χ0v) is 21.0. The van der Waals surface area contributed by atoms with Crippen molar-refractivity contribution < 1.29 is 27.4 Å². The van der Waals surface area contributed by atoms with E-state index in [1.165, 1.54) is 30.5 Å². The maximum Gasteiger partial charge on any atom is 0.573 e. The molecule has 0 aliphatic heterocycles. The van der Waals surface area contributed by atoms with E-state index < -0.39 is 12.4 Å². The Morgan fingerprint density at radius 1 is 1.11 bits per heavy atom. The van der Waals surface area contributed by atoms with E-state index in [-0.39, 0.29) is 24.2 Å². The summed E-state index contributed by atoms with van der Waals surface area (Å²) in [5.74, 6) is 0.658. The van der Waals surface area contributed by atoms with E-state index in [0.717, 1.165) is 23.4 Å². The van der Waals surface area contributed by atoms with Crippen molar-refractivity contribution in [2.24, 2.45) is 4.40 Å². The average Bonchev–Trinajstić information content (AvgIpc) is 2.86. The topological polar surface area (TPSA) is 101 Å². The average molecular weight is 535 g/mol. The minimum atomic E-state index is -4.75. The lowest BCUT2D eigenvalue weighted by molar-refractivity contribution is -0.274. The Morgan fingerprint density at radius 3 is 2.49 bits per heavy atom. The number of nitrogens with one attached hydrogen (secondary N) is 2. The zero-order chi connectivity index (χ0) is 26.8. The lowest BCUT2D eigenvalue weighted by Gasteiger charge is -2.18. The summed E-state index contributed by atoms with van der Waals surface area (Å²) in [6.07, 6.45) is -3.29. The first-order chi connectivity index (χ1) is 17.6. The molecule has 0 saturated heterocycles. The molecule has 3 rings (SSSR count). The second-order valence-corrected chi connectivity index (χ2v) is 8.42. The van der Waals surface area contributed by atoms with Gasteiger partial charge >= 0.3 is 12.4 Å². The smallest absolute Gasteiger partial charge is 0.471 e. The molecule has 0 aliphatic carbocycles. The number of rotatable bonds is 10. The van der Waals surface area contributed by atoms with E-state index in [4.69, 9.17) is 4.74 Å². The molecule has 3 aromatic rings. The number of carbonyl (C=O) groups is 1. The SMILES string of the molecule is CC(C)c1ccccc1NC(=O)NS/N=C/COc1ccc(N(C)c2ccc(OC(F)(F)F)cc2)nn1. The standard InChI is InChI=1S/C24H25F3N6O3S/c1-16(2)19-6-4-5-7-20(19)29-23(34)32-37-28-14-15-35-22-13-12-21(30-31-22)33(3)17-8-10-18(11-9-17)36-24(25,26)27/h4-14,16H,15H2,1-3H3,(H2,29,32,34)/b28-14+. The minimum absolute atomic E-state index is 0.0943. The lowest BCUT2D eigenvalue weighted by Crippen LogP contribution is -2.23. The molecule has 0 bridgehead atoms. The van der Waals surface area contributed by atoms with E-state index in [9.17, 15) is 18.0 Å². The van der Waals surface area contributed by atoms with Gasteiger partial charge in [0.1, 0.15) is 12.4 Å². The number of urea groups is 1. The molecular weight excluding hydrogens is 509 g/mol. The van der Waals surface area contributed by atoms with Crippen LogP contribution >= 0.6 is 12.1 Å². The molecule has 13 heteroatoms. The Morgan fingerprint density at radius 2 is 1.84 bits per heavy atom. The molecule has 37 heavy (non-hydrogen) atoms. The number of halogens is 3. The molecule has 1 aromatic heterocycles. The van der Waals surface area contributed by atoms with Gasteiger partial charge in [0.25, 0.3) is 0 Å². The number of para-hydroxylation sites is 1. The third kappa shape index (κ3) is 8.86. The fraction of sp³-hybridized carbons (Fsp3) is 0.250. The molecule has 0 spiro atoms. The number of hydrogen-bond donors (Lipinski definition) is 2. The van der Waals surface area contributed by atoms with Crippen LogP contribution < -0.4 is 24.4 Å². The molecule has 2 N–H and O–H groups in total. The Hall–Kier alpha value is -4.00. The van der Waals surface area contributed by atoms with Gasteiger partial charge in [-0.3, -0.25) is 4.72 Å². The van der Waals surface area contributed by atoms with Crippen molar-refractivity contribution in [3.63, 3.8) is 0 Å². The van der Waals surface area contributed by atoms with E-state index in [1.807, 2.05) is 38.1 Å². The lowest BCUT2D eigenvalue weighted by atomic mass is 10.0. The van der Waals surface area contributed by atoms with Crippen LogP contribution in [0.5, 0.6) is 11.6 Å². The first kappa shape index (κ1) is 27.6. The number of anilines is 3. The molecule has 196 valence electrons. The summed E-state index contributed by atoms with van der Waals surface area (Å²) in [7, 11) is 1.69. The first-order valence-corrected chi connectivity index (χ1v) is 11.8. The molecule has 0 fully saturated rings. The molecule has 0 unspecified atom stereocenters. The Balaban J connectivity index is 1.41. The zero-order valence-electron chi connectivity index (χ0n) is 20.2. The quantitative estimate of drug-likeness (QED) is 0.239. The van der Waals surface area contributed by atoms with Crippen LogP contribution in [-0.4, -0.2) is 42.5 Å². The maximum atomic E-state index is 12.3. The normalized spacial score (nSPS) is 11.4. The maximum absolute atomic E-state index is 12.3. The van der Waals surface area contributed by atoms with Crippen molar-refractivity contribution in [2.75, 3.05) is 23.9 Å². The summed E-state index contributed by atoms with van der Waals surface area (Å²) < 4.78 is 52.8. The van der Waals surface area contributed by atoms with Crippen molar-refractivity contribution in [1.82, 2.24) is 14.9 Å². The largest absolute Gasteiger partial charge is 0.573 e. The highest BCUT2D eigenvalue weighted by Gasteiger charge is 2.31. The van der Waals surface area contributed by atoms with Crippen LogP contribution in [0.3, 0.4) is 0 Å². The minimum Gasteiger partial charge on any atom is -0.471 e. The van der Waals surface area contributed by atoms with Crippen molar-refractivity contribution in [3.8, 4) is 11.6 Å². The van der Waals surface area contributed by atoms with Gasteiger partial charge in [-0.05, 0) is 47.9 Å². The fourth-order valence-electron chi connectivity index (χ4n) is 3.09. The monoisotopic (exact) mass is 534 g/mol. The summed E-state index contributed by atoms with van der Waals surface area (Å²) in [5.41, 5.74) is 2.36.